The molecule has 0 spiro atoms. The number of carbonyl (C=O) groups is 2. The van der Waals surface area contributed by atoms with Crippen molar-refractivity contribution in [2.24, 2.45) is 0 Å². The van der Waals surface area contributed by atoms with Gasteiger partial charge < -0.3 is 25.7 Å². The SMILES string of the molecule is CC(C)Oc1c(Cl)cc(-c2c(C(=O)O)c(N)[nH]c(=O)c2C(=O)O)cc1Cl. The van der Waals surface area contributed by atoms with Crippen molar-refractivity contribution in [2.75, 3.05) is 5.73 Å². The topological polar surface area (TPSA) is 143 Å². The number of rotatable bonds is 5. The Morgan fingerprint density at radius 3 is 2.04 bits per heavy atom. The van der Waals surface area contributed by atoms with Crippen molar-refractivity contribution in [3.63, 3.8) is 0 Å². The number of hydrogen-bond donors (Lipinski definition) is 4. The number of nitrogen functional groups attached to an aromatic ring is 1. The first-order valence-corrected chi connectivity index (χ1v) is 7.98. The van der Waals surface area contributed by atoms with Gasteiger partial charge in [-0.3, -0.25) is 4.79 Å². The average Bonchev–Trinajstić information content (AvgIpc) is 2.48. The maximum atomic E-state index is 12.0. The summed E-state index contributed by atoms with van der Waals surface area (Å²) in [6.07, 6.45) is -0.241. The molecule has 10 heteroatoms. The van der Waals surface area contributed by atoms with Crippen LogP contribution in [0.5, 0.6) is 5.75 Å². The Kier molecular flexibility index (Phi) is 5.48. The first-order chi connectivity index (χ1) is 12.0. The molecule has 0 unspecified atom stereocenters. The van der Waals surface area contributed by atoms with Gasteiger partial charge in [-0.2, -0.15) is 0 Å². The number of carboxylic acids is 2. The molecule has 0 aliphatic rings. The molecule has 8 nitrogen and oxygen atoms in total. The highest BCUT2D eigenvalue weighted by atomic mass is 35.5. The lowest BCUT2D eigenvalue weighted by Gasteiger charge is -2.16. The molecule has 0 radical (unpaired) electrons. The van der Waals surface area contributed by atoms with E-state index in [1.807, 2.05) is 4.98 Å². The molecule has 1 aromatic carbocycles. The molecule has 5 N–H and O–H groups in total. The molecule has 0 aliphatic heterocycles. The molecule has 0 saturated heterocycles. The van der Waals surface area contributed by atoms with Crippen molar-refractivity contribution in [3.8, 4) is 16.9 Å². The van der Waals surface area contributed by atoms with E-state index in [0.717, 1.165) is 0 Å². The van der Waals surface area contributed by atoms with Gasteiger partial charge in [0.15, 0.2) is 5.75 Å². The number of ether oxygens (including phenoxy) is 1. The third-order valence-corrected chi connectivity index (χ3v) is 3.87. The number of hydrogen-bond acceptors (Lipinski definition) is 5. The Hall–Kier alpha value is -2.71. The van der Waals surface area contributed by atoms with E-state index in [1.165, 1.54) is 12.1 Å². The summed E-state index contributed by atoms with van der Waals surface area (Å²) < 4.78 is 5.48. The Labute approximate surface area is 157 Å². The van der Waals surface area contributed by atoms with Crippen LogP contribution in [-0.4, -0.2) is 33.2 Å². The van der Waals surface area contributed by atoms with Gasteiger partial charge in [-0.05, 0) is 31.5 Å². The zero-order chi connectivity index (χ0) is 19.8. The number of halogens is 2. The zero-order valence-electron chi connectivity index (χ0n) is 13.6. The predicted octanol–water partition coefficient (Wildman–Crippen LogP) is 3.11. The summed E-state index contributed by atoms with van der Waals surface area (Å²) in [6, 6.07) is 2.52. The molecule has 1 heterocycles. The van der Waals surface area contributed by atoms with Gasteiger partial charge in [0.25, 0.3) is 5.56 Å². The maximum Gasteiger partial charge on any atom is 0.342 e. The lowest BCUT2D eigenvalue weighted by Crippen LogP contribution is -2.24. The molecule has 2 rings (SSSR count). The van der Waals surface area contributed by atoms with Crippen LogP contribution in [0.1, 0.15) is 34.6 Å². The fourth-order valence-corrected chi connectivity index (χ4v) is 2.96. The van der Waals surface area contributed by atoms with Crippen LogP contribution in [0.25, 0.3) is 11.1 Å². The molecule has 138 valence electrons. The van der Waals surface area contributed by atoms with E-state index in [1.54, 1.807) is 13.8 Å². The lowest BCUT2D eigenvalue weighted by molar-refractivity contribution is 0.0695. The summed E-state index contributed by atoms with van der Waals surface area (Å²) in [5.74, 6) is -3.49. The molecule has 26 heavy (non-hydrogen) atoms. The molecule has 2 aromatic rings. The zero-order valence-corrected chi connectivity index (χ0v) is 15.1. The van der Waals surface area contributed by atoms with Gasteiger partial charge in [0.05, 0.1) is 16.1 Å². The number of aromatic carboxylic acids is 2. The van der Waals surface area contributed by atoms with Crippen molar-refractivity contribution < 1.29 is 24.5 Å². The Balaban J connectivity index is 2.90. The van der Waals surface area contributed by atoms with Crippen LogP contribution in [0.2, 0.25) is 10.0 Å². The van der Waals surface area contributed by atoms with E-state index in [2.05, 4.69) is 0 Å². The van der Waals surface area contributed by atoms with Gasteiger partial charge in [0.1, 0.15) is 16.9 Å². The van der Waals surface area contributed by atoms with Gasteiger partial charge in [-0.1, -0.05) is 23.2 Å². The fourth-order valence-electron chi connectivity index (χ4n) is 2.39. The second-order valence-corrected chi connectivity index (χ2v) is 6.35. The minimum Gasteiger partial charge on any atom is -0.488 e. The molecule has 1 aromatic heterocycles. The molecular weight excluding hydrogens is 387 g/mol. The summed E-state index contributed by atoms with van der Waals surface area (Å²) in [7, 11) is 0. The van der Waals surface area contributed by atoms with Crippen LogP contribution >= 0.6 is 23.2 Å². The summed E-state index contributed by atoms with van der Waals surface area (Å²) in [5.41, 5.74) is 2.77. The number of nitrogens with one attached hydrogen (secondary N) is 1. The number of H-pyrrole nitrogens is 1. The first kappa shape index (κ1) is 19.6. The number of aromatic nitrogens is 1. The van der Waals surface area contributed by atoms with Crippen molar-refractivity contribution in [3.05, 3.63) is 43.7 Å². The van der Waals surface area contributed by atoms with E-state index in [4.69, 9.17) is 33.7 Å². The van der Waals surface area contributed by atoms with E-state index < -0.39 is 40.0 Å². The third kappa shape index (κ3) is 3.61. The molecule has 0 bridgehead atoms. The maximum absolute atomic E-state index is 12.0. The monoisotopic (exact) mass is 400 g/mol. The normalized spacial score (nSPS) is 10.8. The minimum atomic E-state index is -1.63. The molecule has 0 atom stereocenters. The van der Waals surface area contributed by atoms with E-state index >= 15 is 0 Å². The molecular formula is C16H14Cl2N2O6. The molecule has 0 aliphatic carbocycles. The first-order valence-electron chi connectivity index (χ1n) is 7.23. The smallest absolute Gasteiger partial charge is 0.342 e. The van der Waals surface area contributed by atoms with Crippen molar-refractivity contribution in [1.29, 1.82) is 0 Å². The Morgan fingerprint density at radius 1 is 1.12 bits per heavy atom. The van der Waals surface area contributed by atoms with E-state index in [0.29, 0.717) is 0 Å². The largest absolute Gasteiger partial charge is 0.488 e. The minimum absolute atomic E-state index is 0.00343. The van der Waals surface area contributed by atoms with Gasteiger partial charge in [-0.15, -0.1) is 0 Å². The summed E-state index contributed by atoms with van der Waals surface area (Å²) in [6.45, 7) is 3.51. The molecule has 0 fully saturated rings. The molecule has 0 saturated carbocycles. The average molecular weight is 401 g/mol. The number of carboxylic acid groups (broad SMARTS) is 2. The highest BCUT2D eigenvalue weighted by molar-refractivity contribution is 6.37. The number of pyridine rings is 1. The predicted molar refractivity (Wildman–Crippen MR) is 96.6 cm³/mol. The Bertz CT molecular complexity index is 945. The highest BCUT2D eigenvalue weighted by Crippen LogP contribution is 2.40. The van der Waals surface area contributed by atoms with E-state index in [-0.39, 0.29) is 27.5 Å². The summed E-state index contributed by atoms with van der Waals surface area (Å²) >= 11 is 12.3. The van der Waals surface area contributed by atoms with Crippen LogP contribution in [0.15, 0.2) is 16.9 Å². The highest BCUT2D eigenvalue weighted by Gasteiger charge is 2.27. The van der Waals surface area contributed by atoms with Gasteiger partial charge in [0.2, 0.25) is 0 Å². The van der Waals surface area contributed by atoms with Crippen molar-refractivity contribution in [1.82, 2.24) is 4.98 Å². The fraction of sp³-hybridized carbons (Fsp3) is 0.188. The summed E-state index contributed by atoms with van der Waals surface area (Å²) in [5, 5.41) is 18.8. The lowest BCUT2D eigenvalue weighted by atomic mass is 9.95. The van der Waals surface area contributed by atoms with Crippen LogP contribution < -0.4 is 16.0 Å². The van der Waals surface area contributed by atoms with E-state index in [9.17, 15) is 24.6 Å². The van der Waals surface area contributed by atoms with Gasteiger partial charge >= 0.3 is 11.9 Å². The van der Waals surface area contributed by atoms with Crippen LogP contribution in [0, 0.1) is 0 Å². The van der Waals surface area contributed by atoms with Gasteiger partial charge in [-0.25, -0.2) is 9.59 Å². The number of benzene rings is 1. The second kappa shape index (κ2) is 7.27. The van der Waals surface area contributed by atoms with Crippen molar-refractivity contribution in [2.45, 2.75) is 20.0 Å². The number of anilines is 1. The standard InChI is InChI=1S/C16H14Cl2N2O6/c1-5(2)26-12-7(17)3-6(4-8(12)18)9-10(15(22)23)13(19)20-14(21)11(9)16(24)25/h3-5H,1-2H3,(H,22,23)(H,24,25)(H3,19,20,21). The quantitative estimate of drug-likeness (QED) is 0.603. The second-order valence-electron chi connectivity index (χ2n) is 5.54. The summed E-state index contributed by atoms with van der Waals surface area (Å²) in [4.78, 5) is 37.2. The van der Waals surface area contributed by atoms with Crippen LogP contribution in [0.4, 0.5) is 5.82 Å². The number of aromatic amines is 1. The van der Waals surface area contributed by atoms with Crippen LogP contribution in [-0.2, 0) is 0 Å². The number of nitrogens with two attached hydrogens (primary N) is 1. The Morgan fingerprint density at radius 2 is 1.62 bits per heavy atom. The van der Waals surface area contributed by atoms with Crippen molar-refractivity contribution >= 4 is 41.0 Å². The third-order valence-electron chi connectivity index (χ3n) is 3.31. The molecule has 0 amide bonds. The van der Waals surface area contributed by atoms with Crippen LogP contribution in [0.3, 0.4) is 0 Å². The van der Waals surface area contributed by atoms with Gasteiger partial charge in [0, 0.05) is 5.56 Å².